The van der Waals surface area contributed by atoms with Gasteiger partial charge in [-0.1, -0.05) is 31.5 Å². The third kappa shape index (κ3) is 7.10. The van der Waals surface area contributed by atoms with E-state index in [1.807, 2.05) is 30.3 Å². The van der Waals surface area contributed by atoms with Crippen molar-refractivity contribution in [2.75, 3.05) is 13.9 Å². The molecule has 2 aromatic rings. The molecule has 1 fully saturated rings. The maximum Gasteiger partial charge on any atom is 0.329 e. The standard InChI is InChI=1S/C26H32N2O8/c1-16-9-8-12-20(26(31)35-17(2)23(16)36-19-10-6-5-7-11-19)28-25(30)22-24(34-15-33-18(3)29)21(32-4)13-14-27-22/h5-7,10-11,13-14,16-17,20,23H,8-9,12,15H2,1-4H3,(H,28,30)/t16-,17-,20-,23+/m0/s1. The number of esters is 2. The lowest BCUT2D eigenvalue weighted by Crippen LogP contribution is -2.45. The van der Waals surface area contributed by atoms with Crippen molar-refractivity contribution in [2.24, 2.45) is 5.92 Å². The van der Waals surface area contributed by atoms with Crippen LogP contribution in [-0.4, -0.2) is 55.0 Å². The molecule has 4 atom stereocenters. The van der Waals surface area contributed by atoms with Gasteiger partial charge in [0.15, 0.2) is 17.2 Å². The van der Waals surface area contributed by atoms with Crippen LogP contribution in [0.5, 0.6) is 17.2 Å². The van der Waals surface area contributed by atoms with Crippen LogP contribution < -0.4 is 19.5 Å². The van der Waals surface area contributed by atoms with E-state index in [1.165, 1.54) is 26.3 Å². The van der Waals surface area contributed by atoms with E-state index in [1.54, 1.807) is 6.92 Å². The van der Waals surface area contributed by atoms with E-state index in [9.17, 15) is 14.4 Å². The van der Waals surface area contributed by atoms with Gasteiger partial charge in [0.1, 0.15) is 24.0 Å². The molecular weight excluding hydrogens is 468 g/mol. The molecule has 1 aliphatic heterocycles. The zero-order valence-electron chi connectivity index (χ0n) is 20.9. The van der Waals surface area contributed by atoms with E-state index in [2.05, 4.69) is 17.2 Å². The molecule has 36 heavy (non-hydrogen) atoms. The predicted molar refractivity (Wildman–Crippen MR) is 129 cm³/mol. The molecule has 1 aromatic heterocycles. The van der Waals surface area contributed by atoms with Gasteiger partial charge in [0, 0.05) is 19.2 Å². The number of rotatable bonds is 8. The van der Waals surface area contributed by atoms with E-state index in [4.69, 9.17) is 23.7 Å². The fraction of sp³-hybridized carbons (Fsp3) is 0.462. The van der Waals surface area contributed by atoms with Gasteiger partial charge in [0.05, 0.1) is 7.11 Å². The van der Waals surface area contributed by atoms with E-state index < -0.39 is 36.8 Å². The van der Waals surface area contributed by atoms with Crippen LogP contribution in [0.25, 0.3) is 0 Å². The molecule has 1 saturated heterocycles. The molecule has 10 nitrogen and oxygen atoms in total. The number of nitrogens with zero attached hydrogens (tertiary/aromatic N) is 1. The molecule has 2 heterocycles. The first-order valence-corrected chi connectivity index (χ1v) is 11.8. The van der Waals surface area contributed by atoms with Crippen LogP contribution in [0.4, 0.5) is 0 Å². The normalized spacial score (nSPS) is 22.2. The Hall–Kier alpha value is -3.82. The van der Waals surface area contributed by atoms with E-state index in [0.29, 0.717) is 18.6 Å². The van der Waals surface area contributed by atoms with Gasteiger partial charge in [-0.25, -0.2) is 9.78 Å². The summed E-state index contributed by atoms with van der Waals surface area (Å²) < 4.78 is 27.4. The van der Waals surface area contributed by atoms with Gasteiger partial charge in [0.2, 0.25) is 6.79 Å². The molecule has 1 N–H and O–H groups in total. The van der Waals surface area contributed by atoms with Crippen LogP contribution in [0.15, 0.2) is 42.6 Å². The number of hydrogen-bond donors (Lipinski definition) is 1. The van der Waals surface area contributed by atoms with Crippen molar-refractivity contribution in [2.45, 2.75) is 58.3 Å². The second-order valence-electron chi connectivity index (χ2n) is 8.56. The molecule has 0 radical (unpaired) electrons. The maximum atomic E-state index is 13.1. The van der Waals surface area contributed by atoms with Crippen LogP contribution in [0.3, 0.4) is 0 Å². The first-order chi connectivity index (χ1) is 17.3. The Morgan fingerprint density at radius 3 is 2.58 bits per heavy atom. The minimum Gasteiger partial charge on any atom is -0.493 e. The Kier molecular flexibility index (Phi) is 9.49. The third-order valence-corrected chi connectivity index (χ3v) is 5.85. The molecule has 0 bridgehead atoms. The largest absolute Gasteiger partial charge is 0.493 e. The number of nitrogens with one attached hydrogen (secondary N) is 1. The summed E-state index contributed by atoms with van der Waals surface area (Å²) in [5.41, 5.74) is -0.110. The molecule has 0 unspecified atom stereocenters. The Bertz CT molecular complexity index is 1050. The summed E-state index contributed by atoms with van der Waals surface area (Å²) in [5.74, 6) is -0.718. The monoisotopic (exact) mass is 500 g/mol. The number of cyclic esters (lactones) is 1. The number of benzene rings is 1. The highest BCUT2D eigenvalue weighted by molar-refractivity contribution is 5.98. The summed E-state index contributed by atoms with van der Waals surface area (Å²) in [5, 5.41) is 2.71. The number of pyridine rings is 1. The SMILES string of the molecule is COc1ccnc(C(=O)N[C@H]2CCC[C@H](C)[C@@H](Oc3ccccc3)[C@H](C)OC2=O)c1OCOC(C)=O. The van der Waals surface area contributed by atoms with E-state index in [-0.39, 0.29) is 29.2 Å². The number of methoxy groups -OCH3 is 1. The van der Waals surface area contributed by atoms with Gasteiger partial charge in [-0.15, -0.1) is 0 Å². The number of carbonyl (C=O) groups is 3. The lowest BCUT2D eigenvalue weighted by atomic mass is 9.94. The smallest absolute Gasteiger partial charge is 0.329 e. The summed E-state index contributed by atoms with van der Waals surface area (Å²) in [6, 6.07) is 10.0. The predicted octanol–water partition coefficient (Wildman–Crippen LogP) is 3.29. The highest BCUT2D eigenvalue weighted by Gasteiger charge is 2.34. The van der Waals surface area contributed by atoms with Gasteiger partial charge in [-0.3, -0.25) is 9.59 Å². The van der Waals surface area contributed by atoms with Crippen molar-refractivity contribution in [3.8, 4) is 17.2 Å². The van der Waals surface area contributed by atoms with Crippen LogP contribution in [0.2, 0.25) is 0 Å². The van der Waals surface area contributed by atoms with E-state index >= 15 is 0 Å². The maximum absolute atomic E-state index is 13.1. The fourth-order valence-corrected chi connectivity index (χ4v) is 4.01. The lowest BCUT2D eigenvalue weighted by Gasteiger charge is -2.29. The summed E-state index contributed by atoms with van der Waals surface area (Å²) >= 11 is 0. The number of aromatic nitrogens is 1. The minimum absolute atomic E-state index is 0.00602. The number of carbonyl (C=O) groups excluding carboxylic acids is 3. The first kappa shape index (κ1) is 26.8. The van der Waals surface area contributed by atoms with Crippen LogP contribution in [-0.2, 0) is 19.1 Å². The number of hydrogen-bond acceptors (Lipinski definition) is 9. The van der Waals surface area contributed by atoms with Crippen LogP contribution in [0.1, 0.15) is 50.5 Å². The first-order valence-electron chi connectivity index (χ1n) is 11.8. The van der Waals surface area contributed by atoms with Crippen LogP contribution >= 0.6 is 0 Å². The Morgan fingerprint density at radius 2 is 1.89 bits per heavy atom. The zero-order valence-corrected chi connectivity index (χ0v) is 20.9. The Labute approximate surface area is 210 Å². The minimum atomic E-state index is -0.892. The van der Waals surface area contributed by atoms with Crippen molar-refractivity contribution in [1.29, 1.82) is 0 Å². The van der Waals surface area contributed by atoms with E-state index in [0.717, 1.165) is 6.42 Å². The second kappa shape index (κ2) is 12.8. The average Bonchev–Trinajstić information content (AvgIpc) is 2.90. The quantitative estimate of drug-likeness (QED) is 0.430. The molecule has 0 saturated carbocycles. The molecule has 1 aliphatic rings. The molecule has 194 valence electrons. The molecule has 1 amide bonds. The fourth-order valence-electron chi connectivity index (χ4n) is 4.01. The second-order valence-corrected chi connectivity index (χ2v) is 8.56. The topological polar surface area (TPSA) is 122 Å². The summed E-state index contributed by atoms with van der Waals surface area (Å²) in [4.78, 5) is 41.3. The molecule has 3 rings (SSSR count). The van der Waals surface area contributed by atoms with Crippen LogP contribution in [0, 0.1) is 5.92 Å². The van der Waals surface area contributed by atoms with Gasteiger partial charge < -0.3 is 29.0 Å². The Morgan fingerprint density at radius 1 is 1.14 bits per heavy atom. The van der Waals surface area contributed by atoms with Crippen molar-refractivity contribution in [3.05, 3.63) is 48.3 Å². The van der Waals surface area contributed by atoms with Gasteiger partial charge in [0.25, 0.3) is 5.91 Å². The van der Waals surface area contributed by atoms with Gasteiger partial charge in [-0.05, 0) is 37.8 Å². The molecule has 0 spiro atoms. The van der Waals surface area contributed by atoms with Crippen molar-refractivity contribution >= 4 is 17.8 Å². The van der Waals surface area contributed by atoms with Crippen molar-refractivity contribution in [1.82, 2.24) is 10.3 Å². The van der Waals surface area contributed by atoms with Gasteiger partial charge in [-0.2, -0.15) is 0 Å². The molecule has 10 heteroatoms. The Balaban J connectivity index is 1.73. The summed E-state index contributed by atoms with van der Waals surface area (Å²) in [7, 11) is 1.40. The highest BCUT2D eigenvalue weighted by Crippen LogP contribution is 2.30. The summed E-state index contributed by atoms with van der Waals surface area (Å²) in [6.07, 6.45) is 2.33. The zero-order chi connectivity index (χ0) is 26.1. The van der Waals surface area contributed by atoms with Gasteiger partial charge >= 0.3 is 11.9 Å². The molecule has 0 aliphatic carbocycles. The lowest BCUT2D eigenvalue weighted by molar-refractivity contribution is -0.156. The molecule has 1 aromatic carbocycles. The average molecular weight is 501 g/mol. The number of para-hydroxylation sites is 1. The summed E-state index contributed by atoms with van der Waals surface area (Å²) in [6.45, 7) is 4.65. The number of amides is 1. The van der Waals surface area contributed by atoms with Crippen molar-refractivity contribution < 1.29 is 38.1 Å². The number of ether oxygens (including phenoxy) is 5. The third-order valence-electron chi connectivity index (χ3n) is 5.85. The van der Waals surface area contributed by atoms with Crippen molar-refractivity contribution in [3.63, 3.8) is 0 Å². The molecular formula is C26H32N2O8. The highest BCUT2D eigenvalue weighted by atomic mass is 16.7.